The van der Waals surface area contributed by atoms with Crippen LogP contribution in [0.15, 0.2) is 24.3 Å². The first-order chi connectivity index (χ1) is 7.43. The Morgan fingerprint density at radius 2 is 2.13 bits per heavy atom. The molecule has 0 saturated carbocycles. The monoisotopic (exact) mass is 202 g/mol. The number of nitrogens with one attached hydrogen (secondary N) is 3. The maximum Gasteiger partial charge on any atom is 0.125 e. The number of benzene rings is 1. The van der Waals surface area contributed by atoms with Crippen LogP contribution in [0.2, 0.25) is 0 Å². The third kappa shape index (κ3) is 1.62. The average Bonchev–Trinajstić information content (AvgIpc) is 2.74. The summed E-state index contributed by atoms with van der Waals surface area (Å²) < 4.78 is 0. The van der Waals surface area contributed by atoms with E-state index in [0.717, 1.165) is 36.5 Å². The van der Waals surface area contributed by atoms with Gasteiger partial charge in [-0.2, -0.15) is 0 Å². The average molecular weight is 202 g/mol. The fraction of sp³-hybridized carbons (Fsp3) is 0.364. The first-order valence-corrected chi connectivity index (χ1v) is 5.32. The lowest BCUT2D eigenvalue weighted by atomic mass is 10.2. The highest BCUT2D eigenvalue weighted by Crippen LogP contribution is 2.15. The summed E-state index contributed by atoms with van der Waals surface area (Å²) in [5, 5.41) is 6.80. The highest BCUT2D eigenvalue weighted by Gasteiger charge is 2.17. The zero-order valence-electron chi connectivity index (χ0n) is 8.46. The molecule has 1 fully saturated rings. The molecule has 0 radical (unpaired) electrons. The molecule has 1 atom stereocenters. The number of fused-ring (bicyclic) bond motifs is 1. The van der Waals surface area contributed by atoms with Gasteiger partial charge in [0, 0.05) is 19.6 Å². The van der Waals surface area contributed by atoms with Gasteiger partial charge >= 0.3 is 0 Å². The van der Waals surface area contributed by atoms with Crippen LogP contribution in [-0.2, 0) is 0 Å². The molecule has 1 aromatic carbocycles. The molecule has 2 heterocycles. The van der Waals surface area contributed by atoms with Gasteiger partial charge in [-0.25, -0.2) is 4.98 Å². The SMILES string of the molecule is c1ccc2[nH]c(C3CNCCN3)nc2c1. The van der Waals surface area contributed by atoms with Crippen LogP contribution in [0, 0.1) is 0 Å². The Morgan fingerprint density at radius 3 is 2.93 bits per heavy atom. The summed E-state index contributed by atoms with van der Waals surface area (Å²) in [6.45, 7) is 2.98. The molecule has 0 aliphatic carbocycles. The third-order valence-corrected chi connectivity index (χ3v) is 2.78. The molecule has 1 aromatic heterocycles. The highest BCUT2D eigenvalue weighted by atomic mass is 15.1. The molecule has 15 heavy (non-hydrogen) atoms. The van der Waals surface area contributed by atoms with E-state index in [1.54, 1.807) is 0 Å². The van der Waals surface area contributed by atoms with Gasteiger partial charge in [-0.15, -0.1) is 0 Å². The van der Waals surface area contributed by atoms with E-state index in [1.165, 1.54) is 0 Å². The molecule has 1 aliphatic heterocycles. The molecule has 2 aromatic rings. The maximum atomic E-state index is 4.58. The summed E-state index contributed by atoms with van der Waals surface area (Å²) in [4.78, 5) is 7.93. The lowest BCUT2D eigenvalue weighted by Gasteiger charge is -2.22. The molecule has 4 nitrogen and oxygen atoms in total. The zero-order chi connectivity index (χ0) is 10.1. The van der Waals surface area contributed by atoms with E-state index in [4.69, 9.17) is 0 Å². The number of imidazole rings is 1. The number of hydrogen-bond donors (Lipinski definition) is 3. The number of para-hydroxylation sites is 2. The van der Waals surface area contributed by atoms with E-state index in [-0.39, 0.29) is 0 Å². The molecule has 3 rings (SSSR count). The van der Waals surface area contributed by atoms with Crippen molar-refractivity contribution in [2.75, 3.05) is 19.6 Å². The van der Waals surface area contributed by atoms with E-state index in [9.17, 15) is 0 Å². The fourth-order valence-electron chi connectivity index (χ4n) is 1.98. The molecular formula is C11H14N4. The second-order valence-corrected chi connectivity index (χ2v) is 3.85. The molecule has 3 N–H and O–H groups in total. The quantitative estimate of drug-likeness (QED) is 0.641. The normalized spacial score (nSPS) is 22.0. The Bertz CT molecular complexity index is 423. The van der Waals surface area contributed by atoms with Crippen LogP contribution < -0.4 is 10.6 Å². The predicted molar refractivity (Wildman–Crippen MR) is 59.7 cm³/mol. The number of hydrogen-bond acceptors (Lipinski definition) is 3. The number of piperazine rings is 1. The standard InChI is InChI=1S/C11H14N4/c1-2-4-9-8(3-1)14-11(15-9)10-7-12-5-6-13-10/h1-4,10,12-13H,5-7H2,(H,14,15). The van der Waals surface area contributed by atoms with Crippen molar-refractivity contribution >= 4 is 11.0 Å². The van der Waals surface area contributed by atoms with Gasteiger partial charge in [0.05, 0.1) is 17.1 Å². The topological polar surface area (TPSA) is 52.7 Å². The summed E-state index contributed by atoms with van der Waals surface area (Å²) in [5.74, 6) is 1.03. The largest absolute Gasteiger partial charge is 0.341 e. The van der Waals surface area contributed by atoms with Crippen molar-refractivity contribution in [2.45, 2.75) is 6.04 Å². The summed E-state index contributed by atoms with van der Waals surface area (Å²) in [5.41, 5.74) is 2.15. The van der Waals surface area contributed by atoms with Crippen molar-refractivity contribution in [3.63, 3.8) is 0 Å². The van der Waals surface area contributed by atoms with Crippen molar-refractivity contribution in [3.8, 4) is 0 Å². The minimum Gasteiger partial charge on any atom is -0.341 e. The second-order valence-electron chi connectivity index (χ2n) is 3.85. The summed E-state index contributed by atoms with van der Waals surface area (Å²) in [6, 6.07) is 8.44. The van der Waals surface area contributed by atoms with E-state index in [2.05, 4.69) is 26.7 Å². The predicted octanol–water partition coefficient (Wildman–Crippen LogP) is 0.797. The lowest BCUT2D eigenvalue weighted by Crippen LogP contribution is -2.43. The van der Waals surface area contributed by atoms with Crippen molar-refractivity contribution in [2.24, 2.45) is 0 Å². The molecule has 4 heteroatoms. The summed E-state index contributed by atoms with van der Waals surface area (Å²) in [7, 11) is 0. The smallest absolute Gasteiger partial charge is 0.125 e. The van der Waals surface area contributed by atoms with E-state index in [0.29, 0.717) is 6.04 Å². The number of aromatic amines is 1. The number of nitrogens with zero attached hydrogens (tertiary/aromatic N) is 1. The van der Waals surface area contributed by atoms with Crippen LogP contribution in [-0.4, -0.2) is 29.6 Å². The Balaban J connectivity index is 1.96. The molecular weight excluding hydrogens is 188 g/mol. The summed E-state index contributed by atoms with van der Waals surface area (Å²) in [6.07, 6.45) is 0. The first-order valence-electron chi connectivity index (χ1n) is 5.32. The van der Waals surface area contributed by atoms with Gasteiger partial charge in [0.15, 0.2) is 0 Å². The maximum absolute atomic E-state index is 4.58. The van der Waals surface area contributed by atoms with Crippen LogP contribution in [0.5, 0.6) is 0 Å². The Labute approximate surface area is 88.1 Å². The van der Waals surface area contributed by atoms with Crippen LogP contribution in [0.3, 0.4) is 0 Å². The minimum absolute atomic E-state index is 0.311. The van der Waals surface area contributed by atoms with Gasteiger partial charge in [-0.3, -0.25) is 0 Å². The Kier molecular flexibility index (Phi) is 2.16. The second kappa shape index (κ2) is 3.64. The van der Waals surface area contributed by atoms with Crippen molar-refractivity contribution in [1.82, 2.24) is 20.6 Å². The van der Waals surface area contributed by atoms with E-state index < -0.39 is 0 Å². The summed E-state index contributed by atoms with van der Waals surface area (Å²) >= 11 is 0. The molecule has 0 spiro atoms. The minimum atomic E-state index is 0.311. The lowest BCUT2D eigenvalue weighted by molar-refractivity contribution is 0.418. The van der Waals surface area contributed by atoms with Gasteiger partial charge in [-0.05, 0) is 12.1 Å². The third-order valence-electron chi connectivity index (χ3n) is 2.78. The van der Waals surface area contributed by atoms with E-state index in [1.807, 2.05) is 18.2 Å². The number of rotatable bonds is 1. The molecule has 78 valence electrons. The van der Waals surface area contributed by atoms with Crippen molar-refractivity contribution < 1.29 is 0 Å². The van der Waals surface area contributed by atoms with Crippen LogP contribution in [0.25, 0.3) is 11.0 Å². The van der Waals surface area contributed by atoms with Crippen molar-refractivity contribution in [1.29, 1.82) is 0 Å². The molecule has 1 unspecified atom stereocenters. The number of aromatic nitrogens is 2. The number of H-pyrrole nitrogens is 1. The van der Waals surface area contributed by atoms with Crippen LogP contribution in [0.1, 0.15) is 11.9 Å². The zero-order valence-corrected chi connectivity index (χ0v) is 8.46. The molecule has 1 saturated heterocycles. The Morgan fingerprint density at radius 1 is 1.20 bits per heavy atom. The fourth-order valence-corrected chi connectivity index (χ4v) is 1.98. The van der Waals surface area contributed by atoms with Gasteiger partial charge in [0.1, 0.15) is 5.82 Å². The van der Waals surface area contributed by atoms with Crippen molar-refractivity contribution in [3.05, 3.63) is 30.1 Å². The molecule has 0 bridgehead atoms. The Hall–Kier alpha value is -1.39. The first kappa shape index (κ1) is 8.88. The van der Waals surface area contributed by atoms with Crippen LogP contribution >= 0.6 is 0 Å². The van der Waals surface area contributed by atoms with Gasteiger partial charge in [-0.1, -0.05) is 12.1 Å². The highest BCUT2D eigenvalue weighted by molar-refractivity contribution is 5.74. The molecule has 1 aliphatic rings. The van der Waals surface area contributed by atoms with Gasteiger partial charge in [0.25, 0.3) is 0 Å². The van der Waals surface area contributed by atoms with Gasteiger partial charge < -0.3 is 15.6 Å². The van der Waals surface area contributed by atoms with Crippen LogP contribution in [0.4, 0.5) is 0 Å². The van der Waals surface area contributed by atoms with Gasteiger partial charge in [0.2, 0.25) is 0 Å². The molecule has 0 amide bonds. The van der Waals surface area contributed by atoms with E-state index >= 15 is 0 Å².